The van der Waals surface area contributed by atoms with Crippen LogP contribution in [0.4, 0.5) is 0 Å². The second-order valence-electron chi connectivity index (χ2n) is 4.24. The largest absolute Gasteiger partial charge is 0.341 e. The highest BCUT2D eigenvalue weighted by atomic mass is 16.2. The Labute approximate surface area is 97.0 Å². The number of nitriles is 1. The highest BCUT2D eigenvalue weighted by molar-refractivity contribution is 5.78. The lowest BCUT2D eigenvalue weighted by Crippen LogP contribution is -2.49. The number of carbonyl (C=O) groups is 1. The molecule has 90 valence electrons. The maximum absolute atomic E-state index is 11.9. The van der Waals surface area contributed by atoms with E-state index in [0.717, 1.165) is 26.2 Å². The van der Waals surface area contributed by atoms with Crippen molar-refractivity contribution < 1.29 is 4.79 Å². The van der Waals surface area contributed by atoms with Crippen molar-refractivity contribution in [2.24, 2.45) is 0 Å². The third kappa shape index (κ3) is 3.80. The molecule has 1 aliphatic heterocycles. The molecule has 1 heterocycles. The molecule has 0 aromatic heterocycles. The zero-order valence-corrected chi connectivity index (χ0v) is 10.1. The van der Waals surface area contributed by atoms with Crippen LogP contribution in [0.2, 0.25) is 0 Å². The van der Waals surface area contributed by atoms with Gasteiger partial charge < -0.3 is 10.2 Å². The molecule has 0 aliphatic carbocycles. The summed E-state index contributed by atoms with van der Waals surface area (Å²) in [4.78, 5) is 15.7. The average molecular weight is 224 g/mol. The summed E-state index contributed by atoms with van der Waals surface area (Å²) in [5.41, 5.74) is 0. The number of rotatable bonds is 4. The monoisotopic (exact) mass is 224 g/mol. The third-order valence-electron chi connectivity index (χ3n) is 3.01. The number of hydrogen-bond donors (Lipinski definition) is 1. The standard InChI is InChI=1S/C11H20N4O/c1-10(3-4-12)14(2)11(16)9-15-7-5-13-6-8-15/h10,13H,3,5-9H2,1-2H3. The minimum absolute atomic E-state index is 0.000385. The zero-order chi connectivity index (χ0) is 12.0. The molecule has 1 unspecified atom stereocenters. The SMILES string of the molecule is CC(CC#N)N(C)C(=O)CN1CCNCC1. The molecule has 1 fully saturated rings. The van der Waals surface area contributed by atoms with Crippen LogP contribution in [0.25, 0.3) is 0 Å². The normalized spacial score (nSPS) is 18.8. The Morgan fingerprint density at radius 2 is 2.19 bits per heavy atom. The molecule has 1 N–H and O–H groups in total. The molecule has 0 radical (unpaired) electrons. The number of piperazine rings is 1. The quantitative estimate of drug-likeness (QED) is 0.709. The smallest absolute Gasteiger partial charge is 0.236 e. The molecule has 0 bridgehead atoms. The van der Waals surface area contributed by atoms with E-state index >= 15 is 0 Å². The van der Waals surface area contributed by atoms with Gasteiger partial charge in [0.2, 0.25) is 5.91 Å². The number of hydrogen-bond acceptors (Lipinski definition) is 4. The van der Waals surface area contributed by atoms with Gasteiger partial charge in [0.15, 0.2) is 0 Å². The average Bonchev–Trinajstić information content (AvgIpc) is 2.29. The molecule has 1 rings (SSSR count). The first-order valence-corrected chi connectivity index (χ1v) is 5.71. The number of nitrogens with one attached hydrogen (secondary N) is 1. The van der Waals surface area contributed by atoms with E-state index in [-0.39, 0.29) is 11.9 Å². The van der Waals surface area contributed by atoms with Gasteiger partial charge in [0.25, 0.3) is 0 Å². The first kappa shape index (κ1) is 12.9. The molecule has 1 amide bonds. The van der Waals surface area contributed by atoms with Gasteiger partial charge in [-0.25, -0.2) is 0 Å². The maximum atomic E-state index is 11.9. The number of amides is 1. The van der Waals surface area contributed by atoms with Gasteiger partial charge in [-0.15, -0.1) is 0 Å². The molecule has 5 nitrogen and oxygen atoms in total. The van der Waals surface area contributed by atoms with Crippen LogP contribution in [0.15, 0.2) is 0 Å². The van der Waals surface area contributed by atoms with Crippen LogP contribution >= 0.6 is 0 Å². The molecule has 16 heavy (non-hydrogen) atoms. The minimum Gasteiger partial charge on any atom is -0.341 e. The van der Waals surface area contributed by atoms with Crippen LogP contribution in [0.3, 0.4) is 0 Å². The van der Waals surface area contributed by atoms with Crippen molar-refractivity contribution in [2.75, 3.05) is 39.8 Å². The van der Waals surface area contributed by atoms with Gasteiger partial charge in [0.05, 0.1) is 19.0 Å². The Morgan fingerprint density at radius 1 is 1.56 bits per heavy atom. The highest BCUT2D eigenvalue weighted by Crippen LogP contribution is 2.02. The molecule has 0 spiro atoms. The van der Waals surface area contributed by atoms with Crippen molar-refractivity contribution in [1.82, 2.24) is 15.1 Å². The second-order valence-corrected chi connectivity index (χ2v) is 4.24. The second kappa shape index (κ2) is 6.46. The van der Waals surface area contributed by atoms with Crippen molar-refractivity contribution in [3.63, 3.8) is 0 Å². The summed E-state index contributed by atoms with van der Waals surface area (Å²) in [6, 6.07) is 2.09. The van der Waals surface area contributed by atoms with E-state index in [1.807, 2.05) is 6.92 Å². The van der Waals surface area contributed by atoms with E-state index in [9.17, 15) is 4.79 Å². The first-order valence-electron chi connectivity index (χ1n) is 5.71. The van der Waals surface area contributed by atoms with E-state index in [1.54, 1.807) is 11.9 Å². The Bertz CT molecular complexity index is 268. The van der Waals surface area contributed by atoms with Gasteiger partial charge in [0, 0.05) is 39.3 Å². The van der Waals surface area contributed by atoms with E-state index < -0.39 is 0 Å². The predicted molar refractivity (Wildman–Crippen MR) is 61.8 cm³/mol. The maximum Gasteiger partial charge on any atom is 0.236 e. The summed E-state index contributed by atoms with van der Waals surface area (Å²) in [5.74, 6) is 0.102. The van der Waals surface area contributed by atoms with Crippen LogP contribution in [0.5, 0.6) is 0 Å². The van der Waals surface area contributed by atoms with Crippen molar-refractivity contribution in [3.05, 3.63) is 0 Å². The molecule has 1 saturated heterocycles. The molecular formula is C11H20N4O. The summed E-state index contributed by atoms with van der Waals surface area (Å²) in [6.45, 7) is 6.11. The van der Waals surface area contributed by atoms with Crippen LogP contribution in [-0.2, 0) is 4.79 Å². The summed E-state index contributed by atoms with van der Waals surface area (Å²) in [5, 5.41) is 11.8. The van der Waals surface area contributed by atoms with E-state index in [4.69, 9.17) is 5.26 Å². The summed E-state index contributed by atoms with van der Waals surface area (Å²) < 4.78 is 0. The summed E-state index contributed by atoms with van der Waals surface area (Å²) >= 11 is 0. The summed E-state index contributed by atoms with van der Waals surface area (Å²) in [6.07, 6.45) is 0.393. The van der Waals surface area contributed by atoms with Crippen LogP contribution in [0.1, 0.15) is 13.3 Å². The third-order valence-corrected chi connectivity index (χ3v) is 3.01. The van der Waals surface area contributed by atoms with Crippen molar-refractivity contribution in [3.8, 4) is 6.07 Å². The first-order chi connectivity index (χ1) is 7.65. The fraction of sp³-hybridized carbons (Fsp3) is 0.818. The van der Waals surface area contributed by atoms with Gasteiger partial charge in [-0.1, -0.05) is 0 Å². The number of likely N-dealkylation sites (N-methyl/N-ethyl adjacent to an activating group) is 1. The molecule has 1 aliphatic rings. The topological polar surface area (TPSA) is 59.4 Å². The van der Waals surface area contributed by atoms with Crippen LogP contribution < -0.4 is 5.32 Å². The van der Waals surface area contributed by atoms with Crippen molar-refractivity contribution in [2.45, 2.75) is 19.4 Å². The molecule has 1 atom stereocenters. The van der Waals surface area contributed by atoms with Gasteiger partial charge in [-0.3, -0.25) is 9.69 Å². The van der Waals surface area contributed by atoms with Gasteiger partial charge in [0.1, 0.15) is 0 Å². The van der Waals surface area contributed by atoms with Gasteiger partial charge in [-0.05, 0) is 6.92 Å². The Balaban J connectivity index is 2.35. The molecule has 5 heteroatoms. The zero-order valence-electron chi connectivity index (χ0n) is 10.1. The lowest BCUT2D eigenvalue weighted by molar-refractivity contribution is -0.132. The molecular weight excluding hydrogens is 204 g/mol. The summed E-state index contributed by atoms with van der Waals surface area (Å²) in [7, 11) is 1.77. The molecule has 0 aromatic rings. The van der Waals surface area contributed by atoms with E-state index in [1.165, 1.54) is 0 Å². The van der Waals surface area contributed by atoms with Crippen LogP contribution in [-0.4, -0.2) is 61.5 Å². The minimum atomic E-state index is 0.000385. The lowest BCUT2D eigenvalue weighted by atomic mass is 10.2. The van der Waals surface area contributed by atoms with Crippen molar-refractivity contribution >= 4 is 5.91 Å². The van der Waals surface area contributed by atoms with E-state index in [2.05, 4.69) is 16.3 Å². The fourth-order valence-corrected chi connectivity index (χ4v) is 1.69. The number of carbonyl (C=O) groups excluding carboxylic acids is 1. The molecule has 0 aromatic carbocycles. The van der Waals surface area contributed by atoms with Crippen molar-refractivity contribution in [1.29, 1.82) is 5.26 Å². The van der Waals surface area contributed by atoms with Crippen LogP contribution in [0, 0.1) is 11.3 Å². The highest BCUT2D eigenvalue weighted by Gasteiger charge is 2.19. The Morgan fingerprint density at radius 3 is 2.75 bits per heavy atom. The van der Waals surface area contributed by atoms with E-state index in [0.29, 0.717) is 13.0 Å². The fourth-order valence-electron chi connectivity index (χ4n) is 1.69. The Hall–Kier alpha value is -1.12. The predicted octanol–water partition coefficient (Wildman–Crippen LogP) is -0.348. The Kier molecular flexibility index (Phi) is 5.23. The molecule has 0 saturated carbocycles. The van der Waals surface area contributed by atoms with Gasteiger partial charge in [-0.2, -0.15) is 5.26 Å². The lowest BCUT2D eigenvalue weighted by Gasteiger charge is -2.30. The number of nitrogens with zero attached hydrogens (tertiary/aromatic N) is 3. The van der Waals surface area contributed by atoms with Gasteiger partial charge >= 0.3 is 0 Å².